The molecule has 0 saturated carbocycles. The van der Waals surface area contributed by atoms with E-state index in [-0.39, 0.29) is 24.9 Å². The normalized spacial score (nSPS) is 10.9. The Morgan fingerprint density at radius 2 is 1.72 bits per heavy atom. The first-order valence-corrected chi connectivity index (χ1v) is 11.4. The molecule has 2 aromatic carbocycles. The summed E-state index contributed by atoms with van der Waals surface area (Å²) in [7, 11) is 5.98. The molecular weight excluding hydrogens is 466 g/mol. The third-order valence-corrected chi connectivity index (χ3v) is 5.35. The van der Waals surface area contributed by atoms with Crippen LogP contribution < -0.4 is 19.5 Å². The third-order valence-electron chi connectivity index (χ3n) is 5.35. The standard InChI is InChI=1S/C26H33N3O7/c1-16(2)20-10-17(7-8-22(20)33-5)9-18-11-24(29-28-18)27-21-12-19(35-14-31-3)13-23(36-15-32-4)25(21)26(30)34-6/h7-8,10-13,16H,9,14-15H2,1-6H3,(H2,27,28,29). The van der Waals surface area contributed by atoms with E-state index in [1.54, 1.807) is 19.2 Å². The Balaban J connectivity index is 1.90. The van der Waals surface area contributed by atoms with E-state index < -0.39 is 5.97 Å². The van der Waals surface area contributed by atoms with Crippen molar-refractivity contribution >= 4 is 17.5 Å². The van der Waals surface area contributed by atoms with E-state index in [0.717, 1.165) is 22.6 Å². The monoisotopic (exact) mass is 499 g/mol. The van der Waals surface area contributed by atoms with Gasteiger partial charge < -0.3 is 33.7 Å². The number of carbonyl (C=O) groups excluding carboxylic acids is 1. The largest absolute Gasteiger partial charge is 0.496 e. The quantitative estimate of drug-likeness (QED) is 0.257. The molecule has 0 aliphatic rings. The zero-order valence-corrected chi connectivity index (χ0v) is 21.5. The van der Waals surface area contributed by atoms with Crippen LogP contribution in [0.5, 0.6) is 17.2 Å². The lowest BCUT2D eigenvalue weighted by Gasteiger charge is -2.16. The topological polar surface area (TPSA) is 113 Å². The van der Waals surface area contributed by atoms with Crippen LogP contribution in [-0.4, -0.2) is 58.2 Å². The van der Waals surface area contributed by atoms with Crippen LogP contribution in [0.2, 0.25) is 0 Å². The molecule has 2 N–H and O–H groups in total. The van der Waals surface area contributed by atoms with Gasteiger partial charge in [-0.25, -0.2) is 4.79 Å². The Morgan fingerprint density at radius 3 is 2.39 bits per heavy atom. The lowest BCUT2D eigenvalue weighted by Crippen LogP contribution is -2.11. The number of rotatable bonds is 13. The highest BCUT2D eigenvalue weighted by Gasteiger charge is 2.22. The summed E-state index contributed by atoms with van der Waals surface area (Å²) < 4.78 is 31.7. The van der Waals surface area contributed by atoms with Gasteiger partial charge in [-0.1, -0.05) is 26.0 Å². The first kappa shape index (κ1) is 26.8. The molecule has 0 saturated heterocycles. The second-order valence-electron chi connectivity index (χ2n) is 8.25. The number of aromatic amines is 1. The summed E-state index contributed by atoms with van der Waals surface area (Å²) >= 11 is 0. The Bertz CT molecular complexity index is 1160. The number of methoxy groups -OCH3 is 4. The first-order valence-electron chi connectivity index (χ1n) is 11.4. The summed E-state index contributed by atoms with van der Waals surface area (Å²) in [4.78, 5) is 12.6. The van der Waals surface area contributed by atoms with Crippen molar-refractivity contribution in [2.24, 2.45) is 0 Å². The maximum Gasteiger partial charge on any atom is 0.343 e. The SMILES string of the molecule is COCOc1cc(Nc2cc(Cc3ccc(OC)c(C(C)C)c3)[nH]n2)c(C(=O)OC)c(OCOC)c1. The molecule has 0 aliphatic carbocycles. The van der Waals surface area contributed by atoms with Gasteiger partial charge in [-0.3, -0.25) is 5.10 Å². The molecule has 3 rings (SSSR count). The highest BCUT2D eigenvalue weighted by molar-refractivity contribution is 5.99. The van der Waals surface area contributed by atoms with Crippen LogP contribution in [0.3, 0.4) is 0 Å². The fourth-order valence-corrected chi connectivity index (χ4v) is 3.67. The zero-order chi connectivity index (χ0) is 26.1. The number of carbonyl (C=O) groups is 1. The summed E-state index contributed by atoms with van der Waals surface area (Å²) in [6.45, 7) is 4.22. The highest BCUT2D eigenvalue weighted by atomic mass is 16.7. The maximum atomic E-state index is 12.6. The van der Waals surface area contributed by atoms with Gasteiger partial charge in [-0.15, -0.1) is 0 Å². The van der Waals surface area contributed by atoms with Crippen LogP contribution in [0.1, 0.15) is 46.9 Å². The molecule has 0 aliphatic heterocycles. The Labute approximate surface area is 210 Å². The van der Waals surface area contributed by atoms with Gasteiger partial charge >= 0.3 is 5.97 Å². The van der Waals surface area contributed by atoms with E-state index in [4.69, 9.17) is 28.4 Å². The molecule has 0 bridgehead atoms. The minimum atomic E-state index is -0.586. The number of nitrogens with zero attached hydrogens (tertiary/aromatic N) is 1. The van der Waals surface area contributed by atoms with Crippen molar-refractivity contribution in [1.82, 2.24) is 10.2 Å². The minimum absolute atomic E-state index is 0.0213. The number of esters is 1. The van der Waals surface area contributed by atoms with Crippen molar-refractivity contribution in [3.05, 3.63) is 58.8 Å². The first-order chi connectivity index (χ1) is 17.4. The molecule has 0 fully saturated rings. The van der Waals surface area contributed by atoms with E-state index in [2.05, 4.69) is 35.4 Å². The number of benzene rings is 2. The van der Waals surface area contributed by atoms with Crippen LogP contribution in [0.25, 0.3) is 0 Å². The summed E-state index contributed by atoms with van der Waals surface area (Å²) in [5.74, 6) is 1.78. The summed E-state index contributed by atoms with van der Waals surface area (Å²) in [6, 6.07) is 11.3. The molecule has 36 heavy (non-hydrogen) atoms. The smallest absolute Gasteiger partial charge is 0.343 e. The summed E-state index contributed by atoms with van der Waals surface area (Å²) in [5, 5.41) is 10.6. The van der Waals surface area contributed by atoms with Crippen LogP contribution >= 0.6 is 0 Å². The number of hydrogen-bond acceptors (Lipinski definition) is 9. The van der Waals surface area contributed by atoms with E-state index in [1.807, 2.05) is 18.2 Å². The van der Waals surface area contributed by atoms with Crippen LogP contribution in [0, 0.1) is 0 Å². The van der Waals surface area contributed by atoms with Gasteiger partial charge in [0.1, 0.15) is 22.8 Å². The van der Waals surface area contributed by atoms with Crippen molar-refractivity contribution in [3.63, 3.8) is 0 Å². The van der Waals surface area contributed by atoms with Gasteiger partial charge in [-0.2, -0.15) is 5.10 Å². The Kier molecular flexibility index (Phi) is 9.54. The fraction of sp³-hybridized carbons (Fsp3) is 0.385. The summed E-state index contributed by atoms with van der Waals surface area (Å²) in [5.41, 5.74) is 3.73. The lowest BCUT2D eigenvalue weighted by atomic mass is 9.98. The van der Waals surface area contributed by atoms with E-state index >= 15 is 0 Å². The van der Waals surface area contributed by atoms with Gasteiger partial charge in [0.2, 0.25) is 0 Å². The molecule has 0 amide bonds. The Morgan fingerprint density at radius 1 is 0.972 bits per heavy atom. The second kappa shape index (κ2) is 12.8. The van der Waals surface area contributed by atoms with Gasteiger partial charge in [0.15, 0.2) is 19.4 Å². The number of H-pyrrole nitrogens is 1. The van der Waals surface area contributed by atoms with Gasteiger partial charge in [0, 0.05) is 44.5 Å². The Hall–Kier alpha value is -3.76. The van der Waals surface area contributed by atoms with Gasteiger partial charge in [0.05, 0.1) is 19.9 Å². The number of hydrogen-bond donors (Lipinski definition) is 2. The predicted octanol–water partition coefficient (Wildman–Crippen LogP) is 4.63. The number of nitrogens with one attached hydrogen (secondary N) is 2. The second-order valence-corrected chi connectivity index (χ2v) is 8.25. The zero-order valence-electron chi connectivity index (χ0n) is 21.5. The van der Waals surface area contributed by atoms with Crippen molar-refractivity contribution < 1.29 is 33.2 Å². The average Bonchev–Trinajstić information content (AvgIpc) is 3.31. The molecule has 0 spiro atoms. The molecule has 0 atom stereocenters. The van der Waals surface area contributed by atoms with E-state index in [1.165, 1.54) is 21.3 Å². The number of ether oxygens (including phenoxy) is 6. The molecule has 3 aromatic rings. The van der Waals surface area contributed by atoms with Crippen LogP contribution in [0.4, 0.5) is 11.5 Å². The van der Waals surface area contributed by atoms with Crippen molar-refractivity contribution in [2.75, 3.05) is 47.3 Å². The molecule has 1 heterocycles. The number of aromatic nitrogens is 2. The van der Waals surface area contributed by atoms with Gasteiger partial charge in [0.25, 0.3) is 0 Å². The molecule has 1 aromatic heterocycles. The molecule has 194 valence electrons. The van der Waals surface area contributed by atoms with Crippen molar-refractivity contribution in [3.8, 4) is 17.2 Å². The molecule has 0 radical (unpaired) electrons. The molecule has 10 nitrogen and oxygen atoms in total. The van der Waals surface area contributed by atoms with Gasteiger partial charge in [-0.05, 0) is 23.1 Å². The number of anilines is 2. The molecule has 10 heteroatoms. The fourth-order valence-electron chi connectivity index (χ4n) is 3.67. The van der Waals surface area contributed by atoms with Crippen molar-refractivity contribution in [1.29, 1.82) is 0 Å². The summed E-state index contributed by atoms with van der Waals surface area (Å²) in [6.07, 6.45) is 0.640. The van der Waals surface area contributed by atoms with Crippen LogP contribution in [0.15, 0.2) is 36.4 Å². The van der Waals surface area contributed by atoms with E-state index in [0.29, 0.717) is 29.6 Å². The highest BCUT2D eigenvalue weighted by Crippen LogP contribution is 2.35. The van der Waals surface area contributed by atoms with Crippen molar-refractivity contribution in [2.45, 2.75) is 26.2 Å². The maximum absolute atomic E-state index is 12.6. The average molecular weight is 500 g/mol. The van der Waals surface area contributed by atoms with E-state index in [9.17, 15) is 4.79 Å². The predicted molar refractivity (Wildman–Crippen MR) is 135 cm³/mol. The third kappa shape index (κ3) is 6.67. The van der Waals surface area contributed by atoms with Crippen LogP contribution in [-0.2, 0) is 20.6 Å². The molecular formula is C26H33N3O7. The lowest BCUT2D eigenvalue weighted by molar-refractivity contribution is 0.0436. The molecule has 0 unspecified atom stereocenters. The minimum Gasteiger partial charge on any atom is -0.496 e.